The number of hydrogen-bond donors (Lipinski definition) is 2. The fraction of sp³-hybridized carbons (Fsp3) is 0.353. The number of aromatic nitrogens is 4. The number of rotatable bonds is 4. The third kappa shape index (κ3) is 3.57. The number of nitrogens with zero attached hydrogens (tertiary/aromatic N) is 4. The minimum atomic E-state index is -1.16. The summed E-state index contributed by atoms with van der Waals surface area (Å²) >= 11 is 5.64. The van der Waals surface area contributed by atoms with Crippen LogP contribution in [0.1, 0.15) is 6.42 Å². The first-order valence-corrected chi connectivity index (χ1v) is 8.89. The van der Waals surface area contributed by atoms with E-state index in [1.165, 1.54) is 10.8 Å². The lowest BCUT2D eigenvalue weighted by atomic mass is 10.1. The lowest BCUT2D eigenvalue weighted by molar-refractivity contribution is 0.0284. The summed E-state index contributed by atoms with van der Waals surface area (Å²) in [5.41, 5.74) is 0.447. The molecule has 1 fully saturated rings. The highest BCUT2D eigenvalue weighted by Gasteiger charge is 2.26. The Morgan fingerprint density at radius 1 is 1.25 bits per heavy atom. The average molecular weight is 413 g/mol. The predicted octanol–water partition coefficient (Wildman–Crippen LogP) is 3.58. The van der Waals surface area contributed by atoms with Gasteiger partial charge < -0.3 is 15.4 Å². The van der Waals surface area contributed by atoms with Gasteiger partial charge in [0.15, 0.2) is 17.3 Å². The Hall–Kier alpha value is -2.59. The highest BCUT2D eigenvalue weighted by molar-refractivity contribution is 6.30. The Bertz CT molecular complexity index is 1010. The molecule has 0 aliphatic carbocycles. The molecule has 2 atom stereocenters. The maximum Gasteiger partial charge on any atom is 0.225 e. The van der Waals surface area contributed by atoms with Gasteiger partial charge in [-0.05, 0) is 18.6 Å². The van der Waals surface area contributed by atoms with Crippen molar-refractivity contribution in [3.8, 4) is 0 Å². The summed E-state index contributed by atoms with van der Waals surface area (Å²) in [4.78, 5) is 12.7. The first-order chi connectivity index (χ1) is 13.4. The molecule has 28 heavy (non-hydrogen) atoms. The maximum absolute atomic E-state index is 14.0. The Morgan fingerprint density at radius 3 is 2.71 bits per heavy atom. The Morgan fingerprint density at radius 2 is 2.00 bits per heavy atom. The van der Waals surface area contributed by atoms with E-state index in [-0.39, 0.29) is 29.2 Å². The van der Waals surface area contributed by atoms with Crippen LogP contribution in [0.3, 0.4) is 0 Å². The fourth-order valence-corrected chi connectivity index (χ4v) is 3.16. The van der Waals surface area contributed by atoms with Crippen molar-refractivity contribution in [2.45, 2.75) is 18.6 Å². The molecule has 2 N–H and O–H groups in total. The highest BCUT2D eigenvalue weighted by atomic mass is 35.5. The number of hydrogen-bond acceptors (Lipinski definition) is 6. The third-order valence-corrected chi connectivity index (χ3v) is 4.68. The minimum Gasteiger partial charge on any atom is -0.378 e. The fourth-order valence-electron chi connectivity index (χ4n) is 2.97. The number of fused-ring (bicyclic) bond motifs is 1. The molecule has 0 unspecified atom stereocenters. The molecular weight excluding hydrogens is 397 g/mol. The van der Waals surface area contributed by atoms with E-state index in [9.17, 15) is 13.2 Å². The van der Waals surface area contributed by atoms with Gasteiger partial charge in [-0.2, -0.15) is 4.98 Å². The van der Waals surface area contributed by atoms with Gasteiger partial charge in [-0.1, -0.05) is 11.6 Å². The van der Waals surface area contributed by atoms with Gasteiger partial charge in [0, 0.05) is 18.7 Å². The second-order valence-corrected chi connectivity index (χ2v) is 6.83. The molecule has 148 valence electrons. The Labute approximate surface area is 162 Å². The smallest absolute Gasteiger partial charge is 0.225 e. The third-order valence-electron chi connectivity index (χ3n) is 4.46. The predicted molar refractivity (Wildman–Crippen MR) is 98.7 cm³/mol. The monoisotopic (exact) mass is 412 g/mol. The van der Waals surface area contributed by atoms with E-state index in [4.69, 9.17) is 16.3 Å². The van der Waals surface area contributed by atoms with Crippen LogP contribution in [0.15, 0.2) is 18.3 Å². The summed E-state index contributed by atoms with van der Waals surface area (Å²) in [5, 5.41) is 5.52. The van der Waals surface area contributed by atoms with Crippen molar-refractivity contribution in [2.75, 3.05) is 23.8 Å². The van der Waals surface area contributed by atoms with Crippen LogP contribution in [0, 0.1) is 11.6 Å². The summed E-state index contributed by atoms with van der Waals surface area (Å²) in [6, 6.07) is 1.55. The summed E-state index contributed by atoms with van der Waals surface area (Å²) in [7, 11) is 1.63. The quantitative estimate of drug-likeness (QED) is 0.682. The first kappa shape index (κ1) is 18.8. The van der Waals surface area contributed by atoms with Crippen molar-refractivity contribution in [1.82, 2.24) is 19.5 Å². The van der Waals surface area contributed by atoms with Crippen LogP contribution in [-0.4, -0.2) is 44.9 Å². The largest absolute Gasteiger partial charge is 0.378 e. The number of ether oxygens (including phenoxy) is 1. The zero-order valence-corrected chi connectivity index (χ0v) is 15.5. The molecule has 1 aliphatic rings. The Balaban J connectivity index is 1.62. The molecule has 0 amide bonds. The van der Waals surface area contributed by atoms with Gasteiger partial charge in [-0.3, -0.25) is 4.57 Å². The van der Waals surface area contributed by atoms with E-state index < -0.39 is 23.8 Å². The van der Waals surface area contributed by atoms with E-state index in [0.29, 0.717) is 24.2 Å². The van der Waals surface area contributed by atoms with Gasteiger partial charge >= 0.3 is 0 Å². The van der Waals surface area contributed by atoms with Crippen molar-refractivity contribution in [3.05, 3.63) is 35.0 Å². The zero-order chi connectivity index (χ0) is 19.8. The van der Waals surface area contributed by atoms with E-state index in [0.717, 1.165) is 12.1 Å². The molecule has 1 aromatic carbocycles. The molecular formula is C17H16ClF3N6O. The molecule has 0 spiro atoms. The van der Waals surface area contributed by atoms with Gasteiger partial charge in [-0.25, -0.2) is 23.1 Å². The zero-order valence-electron chi connectivity index (χ0n) is 14.7. The minimum absolute atomic E-state index is 0.0257. The summed E-state index contributed by atoms with van der Waals surface area (Å²) in [6.07, 6.45) is 0.792. The van der Waals surface area contributed by atoms with Crippen molar-refractivity contribution in [1.29, 1.82) is 0 Å². The van der Waals surface area contributed by atoms with Crippen LogP contribution >= 0.6 is 11.6 Å². The Kier molecular flexibility index (Phi) is 4.98. The molecule has 3 aromatic rings. The topological polar surface area (TPSA) is 76.9 Å². The van der Waals surface area contributed by atoms with E-state index in [2.05, 4.69) is 25.6 Å². The van der Waals surface area contributed by atoms with Crippen LogP contribution in [0.25, 0.3) is 11.2 Å². The van der Waals surface area contributed by atoms with Crippen LogP contribution in [0.2, 0.25) is 5.02 Å². The molecule has 7 nitrogen and oxygen atoms in total. The number of aryl methyl sites for hydroxylation is 1. The van der Waals surface area contributed by atoms with E-state index in [1.807, 2.05) is 0 Å². The normalized spacial score (nSPS) is 19.8. The van der Waals surface area contributed by atoms with Crippen LogP contribution in [-0.2, 0) is 11.8 Å². The average Bonchev–Trinajstić information content (AvgIpc) is 2.96. The van der Waals surface area contributed by atoms with Gasteiger partial charge in [0.05, 0.1) is 18.8 Å². The molecule has 0 radical (unpaired) electrons. The number of benzene rings is 1. The molecule has 0 bridgehead atoms. The number of nitrogens with one attached hydrogen (secondary N) is 2. The van der Waals surface area contributed by atoms with Crippen molar-refractivity contribution >= 4 is 40.3 Å². The molecule has 1 aliphatic heterocycles. The van der Waals surface area contributed by atoms with E-state index in [1.54, 1.807) is 7.05 Å². The number of imidazole rings is 1. The number of anilines is 3. The SMILES string of the molecule is Cn1c(Nc2c(F)cc(Cl)cc2F)nc2cnc(N[C@H]3CCOC[C@H]3F)nc21. The molecule has 0 saturated carbocycles. The molecule has 3 heterocycles. The van der Waals surface area contributed by atoms with Crippen LogP contribution in [0.4, 0.5) is 30.8 Å². The first-order valence-electron chi connectivity index (χ1n) is 8.52. The second-order valence-electron chi connectivity index (χ2n) is 6.40. The molecule has 11 heteroatoms. The lowest BCUT2D eigenvalue weighted by Crippen LogP contribution is -2.39. The van der Waals surface area contributed by atoms with Gasteiger partial charge in [0.1, 0.15) is 17.4 Å². The lowest BCUT2D eigenvalue weighted by Gasteiger charge is -2.26. The molecule has 2 aromatic heterocycles. The van der Waals surface area contributed by atoms with Crippen molar-refractivity contribution in [3.63, 3.8) is 0 Å². The van der Waals surface area contributed by atoms with Crippen molar-refractivity contribution in [2.24, 2.45) is 7.05 Å². The molecule has 4 rings (SSSR count). The number of halogens is 4. The van der Waals surface area contributed by atoms with Crippen LogP contribution < -0.4 is 10.6 Å². The summed E-state index contributed by atoms with van der Waals surface area (Å²) in [6.45, 7) is 0.482. The van der Waals surface area contributed by atoms with E-state index >= 15 is 0 Å². The number of alkyl halides is 1. The maximum atomic E-state index is 14.0. The van der Waals surface area contributed by atoms with Crippen molar-refractivity contribution < 1.29 is 17.9 Å². The highest BCUT2D eigenvalue weighted by Crippen LogP contribution is 2.27. The second kappa shape index (κ2) is 7.44. The summed E-state index contributed by atoms with van der Waals surface area (Å²) < 4.78 is 48.6. The molecule has 1 saturated heterocycles. The summed E-state index contributed by atoms with van der Waals surface area (Å²) in [5.74, 6) is -1.30. The van der Waals surface area contributed by atoms with Gasteiger partial charge in [0.2, 0.25) is 11.9 Å². The van der Waals surface area contributed by atoms with Crippen LogP contribution in [0.5, 0.6) is 0 Å². The standard InChI is InChI=1S/C17H16ClF3N6O/c1-27-15-13(6-22-16(26-15)23-12-2-3-28-7-11(12)21)24-17(27)25-14-9(19)4-8(18)5-10(14)20/h4-6,11-12H,2-3,7H2,1H3,(H,24,25)(H,22,23,26)/t11-,12+/m1/s1. The van der Waals surface area contributed by atoms with Gasteiger partial charge in [0.25, 0.3) is 0 Å². The van der Waals surface area contributed by atoms with Gasteiger partial charge in [-0.15, -0.1) is 0 Å².